The highest BCUT2D eigenvalue weighted by molar-refractivity contribution is 6.31. The number of hydrogen-bond acceptors (Lipinski definition) is 6. The minimum Gasteiger partial charge on any atom is -0.353 e. The van der Waals surface area contributed by atoms with Gasteiger partial charge < -0.3 is 20.6 Å². The number of aliphatic imine (C=N–C) groups is 1. The molecule has 1 aromatic rings. The van der Waals surface area contributed by atoms with E-state index in [2.05, 4.69) is 15.4 Å². The number of hydrogen-bond donors (Lipinski definition) is 2. The number of benzene rings is 1. The summed E-state index contributed by atoms with van der Waals surface area (Å²) in [6, 6.07) is 7.99. The smallest absolute Gasteiger partial charge is 0.158 e. The molecule has 1 heterocycles. The first-order valence-corrected chi connectivity index (χ1v) is 7.59. The molecule has 0 bridgehead atoms. The van der Waals surface area contributed by atoms with E-state index in [0.717, 1.165) is 38.1 Å². The zero-order chi connectivity index (χ0) is 15.6. The zero-order valence-electron chi connectivity index (χ0n) is 13.0. The summed E-state index contributed by atoms with van der Waals surface area (Å²) in [5.74, 6) is 5.38. The second-order valence-corrected chi connectivity index (χ2v) is 5.18. The predicted octanol–water partition coefficient (Wildman–Crippen LogP) is 1.97. The third-order valence-corrected chi connectivity index (χ3v) is 3.40. The van der Waals surface area contributed by atoms with E-state index in [1.54, 1.807) is 6.21 Å². The molecule has 1 aromatic carbocycles. The fourth-order valence-corrected chi connectivity index (χ4v) is 2.18. The molecule has 3 N–H and O–H groups in total. The van der Waals surface area contributed by atoms with Crippen molar-refractivity contribution in [3.8, 4) is 0 Å². The van der Waals surface area contributed by atoms with Crippen LogP contribution < -0.4 is 11.2 Å². The molecular weight excluding hydrogens is 280 g/mol. The van der Waals surface area contributed by atoms with Gasteiger partial charge in [-0.25, -0.2) is 0 Å². The van der Waals surface area contributed by atoms with Crippen LogP contribution in [0.15, 0.2) is 34.4 Å². The molecule has 1 fully saturated rings. The first-order chi connectivity index (χ1) is 10.8. The van der Waals surface area contributed by atoms with Gasteiger partial charge in [0.15, 0.2) is 6.29 Å². The monoisotopic (exact) mass is 304 g/mol. The lowest BCUT2D eigenvalue weighted by atomic mass is 10.2. The van der Waals surface area contributed by atoms with Gasteiger partial charge in [-0.15, -0.1) is 0 Å². The van der Waals surface area contributed by atoms with Gasteiger partial charge in [0.1, 0.15) is 5.71 Å². The maximum absolute atomic E-state index is 5.64. The van der Waals surface area contributed by atoms with Crippen LogP contribution in [0.2, 0.25) is 0 Å². The lowest BCUT2D eigenvalue weighted by Gasteiger charge is -2.22. The second kappa shape index (κ2) is 9.30. The average Bonchev–Trinajstić information content (AvgIpc) is 2.57. The topological polar surface area (TPSA) is 81.2 Å². The van der Waals surface area contributed by atoms with E-state index in [4.69, 9.17) is 15.3 Å². The third-order valence-electron chi connectivity index (χ3n) is 3.40. The molecule has 0 aliphatic carbocycles. The normalized spacial score (nSPS) is 19.7. The van der Waals surface area contributed by atoms with Crippen LogP contribution in [0.25, 0.3) is 0 Å². The van der Waals surface area contributed by atoms with Crippen LogP contribution in [0, 0.1) is 0 Å². The second-order valence-electron chi connectivity index (χ2n) is 5.18. The maximum atomic E-state index is 5.64. The van der Waals surface area contributed by atoms with E-state index in [0.29, 0.717) is 12.3 Å². The van der Waals surface area contributed by atoms with Crippen molar-refractivity contribution in [2.75, 3.05) is 20.3 Å². The van der Waals surface area contributed by atoms with Gasteiger partial charge in [-0.3, -0.25) is 4.99 Å². The Labute approximate surface area is 131 Å². The Morgan fingerprint density at radius 2 is 2.23 bits per heavy atom. The van der Waals surface area contributed by atoms with Gasteiger partial charge in [-0.1, -0.05) is 12.1 Å². The van der Waals surface area contributed by atoms with Crippen molar-refractivity contribution < 1.29 is 9.47 Å². The molecular formula is C16H24N4O2. The fourth-order valence-electron chi connectivity index (χ4n) is 2.18. The minimum absolute atomic E-state index is 0.153. The standard InChI is InChI=1S/C16H24N4O2/c1-18-10-13-5-7-14(8-6-13)19-11-15(20-17)12-22-16-4-2-3-9-21-16/h5-8,11,16,18H,2-4,9-10,12,17H2,1H3. The Balaban J connectivity index is 1.83. The molecule has 1 saturated heterocycles. The number of nitrogens with two attached hydrogens (primary N) is 1. The van der Waals surface area contributed by atoms with E-state index in [9.17, 15) is 0 Å². The van der Waals surface area contributed by atoms with Crippen molar-refractivity contribution in [1.82, 2.24) is 5.32 Å². The number of nitrogens with one attached hydrogen (secondary N) is 1. The molecule has 120 valence electrons. The molecule has 6 nitrogen and oxygen atoms in total. The Morgan fingerprint density at radius 3 is 2.86 bits per heavy atom. The van der Waals surface area contributed by atoms with Crippen LogP contribution in [-0.4, -0.2) is 38.5 Å². The van der Waals surface area contributed by atoms with Crippen molar-refractivity contribution >= 4 is 17.6 Å². The largest absolute Gasteiger partial charge is 0.353 e. The van der Waals surface area contributed by atoms with Crippen molar-refractivity contribution in [2.24, 2.45) is 15.9 Å². The molecule has 22 heavy (non-hydrogen) atoms. The zero-order valence-corrected chi connectivity index (χ0v) is 13.0. The Kier molecular flexibility index (Phi) is 7.02. The first-order valence-electron chi connectivity index (χ1n) is 7.59. The van der Waals surface area contributed by atoms with Crippen LogP contribution in [-0.2, 0) is 16.0 Å². The van der Waals surface area contributed by atoms with E-state index < -0.39 is 0 Å². The molecule has 6 heteroatoms. The molecule has 1 unspecified atom stereocenters. The molecule has 1 aliphatic heterocycles. The van der Waals surface area contributed by atoms with Gasteiger partial charge >= 0.3 is 0 Å². The summed E-state index contributed by atoms with van der Waals surface area (Å²) in [6.45, 7) is 1.91. The fraction of sp³-hybridized carbons (Fsp3) is 0.500. The summed E-state index contributed by atoms with van der Waals surface area (Å²) in [5, 5.41) is 6.82. The van der Waals surface area contributed by atoms with Gasteiger partial charge in [0, 0.05) is 13.2 Å². The Hall–Kier alpha value is -1.76. The van der Waals surface area contributed by atoms with Gasteiger partial charge in [0.25, 0.3) is 0 Å². The SMILES string of the molecule is CNCc1ccc(N=CC(COC2CCCCO2)=NN)cc1. The molecule has 0 aromatic heterocycles. The summed E-state index contributed by atoms with van der Waals surface area (Å²) in [6.07, 6.45) is 4.63. The molecule has 1 atom stereocenters. The van der Waals surface area contributed by atoms with Crippen LogP contribution >= 0.6 is 0 Å². The molecule has 1 aliphatic rings. The summed E-state index contributed by atoms with van der Waals surface area (Å²) >= 11 is 0. The summed E-state index contributed by atoms with van der Waals surface area (Å²) < 4.78 is 11.1. The van der Waals surface area contributed by atoms with Crippen LogP contribution in [0.5, 0.6) is 0 Å². The number of hydrazone groups is 1. The van der Waals surface area contributed by atoms with E-state index in [1.165, 1.54) is 5.56 Å². The summed E-state index contributed by atoms with van der Waals surface area (Å²) in [5.41, 5.74) is 2.66. The number of ether oxygens (including phenoxy) is 2. The molecule has 0 radical (unpaired) electrons. The van der Waals surface area contributed by atoms with Crippen LogP contribution in [0.3, 0.4) is 0 Å². The molecule has 0 saturated carbocycles. The maximum Gasteiger partial charge on any atom is 0.158 e. The van der Waals surface area contributed by atoms with Gasteiger partial charge in [-0.2, -0.15) is 5.10 Å². The minimum atomic E-state index is -0.153. The third kappa shape index (κ3) is 5.55. The quantitative estimate of drug-likeness (QED) is 0.458. The lowest BCUT2D eigenvalue weighted by molar-refractivity contribution is -0.152. The van der Waals surface area contributed by atoms with Crippen molar-refractivity contribution in [2.45, 2.75) is 32.1 Å². The van der Waals surface area contributed by atoms with E-state index >= 15 is 0 Å². The highest BCUT2D eigenvalue weighted by Crippen LogP contribution is 2.14. The Morgan fingerprint density at radius 1 is 1.41 bits per heavy atom. The van der Waals surface area contributed by atoms with Crippen molar-refractivity contribution in [3.63, 3.8) is 0 Å². The average molecular weight is 304 g/mol. The van der Waals surface area contributed by atoms with Gasteiger partial charge in [0.2, 0.25) is 0 Å². The summed E-state index contributed by atoms with van der Waals surface area (Å²) in [7, 11) is 1.92. The highest BCUT2D eigenvalue weighted by Gasteiger charge is 2.14. The lowest BCUT2D eigenvalue weighted by Crippen LogP contribution is -2.26. The molecule has 0 amide bonds. The van der Waals surface area contributed by atoms with Crippen LogP contribution in [0.4, 0.5) is 5.69 Å². The Bertz CT molecular complexity index is 493. The van der Waals surface area contributed by atoms with Gasteiger partial charge in [-0.05, 0) is 44.0 Å². The highest BCUT2D eigenvalue weighted by atomic mass is 16.7. The molecule has 0 spiro atoms. The van der Waals surface area contributed by atoms with Crippen molar-refractivity contribution in [1.29, 1.82) is 0 Å². The van der Waals surface area contributed by atoms with E-state index in [1.807, 2.05) is 31.3 Å². The number of nitrogens with zero attached hydrogens (tertiary/aromatic N) is 2. The van der Waals surface area contributed by atoms with Crippen LogP contribution in [0.1, 0.15) is 24.8 Å². The summed E-state index contributed by atoms with van der Waals surface area (Å²) in [4.78, 5) is 4.37. The predicted molar refractivity (Wildman–Crippen MR) is 88.5 cm³/mol. The first kappa shape index (κ1) is 16.6. The molecule has 2 rings (SSSR count). The van der Waals surface area contributed by atoms with E-state index in [-0.39, 0.29) is 6.29 Å². The van der Waals surface area contributed by atoms with Crippen molar-refractivity contribution in [3.05, 3.63) is 29.8 Å². The van der Waals surface area contributed by atoms with Gasteiger partial charge in [0.05, 0.1) is 18.5 Å². The number of rotatable bonds is 7.